The second kappa shape index (κ2) is 7.01. The van der Waals surface area contributed by atoms with Gasteiger partial charge in [0.1, 0.15) is 17.4 Å². The molecule has 0 fully saturated rings. The van der Waals surface area contributed by atoms with E-state index in [0.717, 1.165) is 11.1 Å². The summed E-state index contributed by atoms with van der Waals surface area (Å²) in [7, 11) is 1.43. The van der Waals surface area contributed by atoms with Crippen molar-refractivity contribution in [2.75, 3.05) is 13.7 Å². The van der Waals surface area contributed by atoms with Gasteiger partial charge in [0, 0.05) is 23.7 Å². The highest BCUT2D eigenvalue weighted by Gasteiger charge is 2.23. The maximum Gasteiger partial charge on any atom is 0.314 e. The van der Waals surface area contributed by atoms with Crippen molar-refractivity contribution in [3.63, 3.8) is 0 Å². The van der Waals surface area contributed by atoms with Crippen molar-refractivity contribution >= 4 is 28.2 Å². The van der Waals surface area contributed by atoms with Gasteiger partial charge in [-0.3, -0.25) is 10.1 Å². The van der Waals surface area contributed by atoms with Crippen molar-refractivity contribution in [1.29, 1.82) is 0 Å². The predicted octanol–water partition coefficient (Wildman–Crippen LogP) is 3.86. The Bertz CT molecular complexity index is 1020. The number of nitro benzene ring substituents is 1. The van der Waals surface area contributed by atoms with E-state index in [1.54, 1.807) is 16.9 Å². The first-order valence-electron chi connectivity index (χ1n) is 7.57. The van der Waals surface area contributed by atoms with Gasteiger partial charge in [0.25, 0.3) is 0 Å². The summed E-state index contributed by atoms with van der Waals surface area (Å²) in [6.45, 7) is 5.52. The van der Waals surface area contributed by atoms with Gasteiger partial charge in [0.05, 0.1) is 29.3 Å². The fraction of sp³-hybridized carbons (Fsp3) is 0.176. The van der Waals surface area contributed by atoms with Gasteiger partial charge in [-0.1, -0.05) is 24.3 Å². The number of nitro groups is 1. The van der Waals surface area contributed by atoms with E-state index in [9.17, 15) is 10.1 Å². The number of ether oxygens (including phenoxy) is 2. The smallest absolute Gasteiger partial charge is 0.314 e. The van der Waals surface area contributed by atoms with E-state index < -0.39 is 4.92 Å². The molecule has 0 aliphatic heterocycles. The summed E-state index contributed by atoms with van der Waals surface area (Å²) in [5, 5.41) is 17.0. The van der Waals surface area contributed by atoms with Gasteiger partial charge in [0.2, 0.25) is 0 Å². The number of hydrogen-bond acceptors (Lipinski definition) is 6. The lowest BCUT2D eigenvalue weighted by Crippen LogP contribution is -2.04. The van der Waals surface area contributed by atoms with Crippen LogP contribution >= 0.6 is 11.6 Å². The monoisotopic (exact) mass is 374 g/mol. The molecular formula is C17H15ClN4O4. The van der Waals surface area contributed by atoms with Crippen molar-refractivity contribution in [2.45, 2.75) is 6.92 Å². The van der Waals surface area contributed by atoms with Gasteiger partial charge >= 0.3 is 5.69 Å². The SMILES string of the molecule is C=CCOc1cc(-n2nc(C)c3cnc(Cl)cc32)c(OC)cc1[N+](=O)[O-]. The summed E-state index contributed by atoms with van der Waals surface area (Å²) in [5.41, 5.74) is 1.71. The van der Waals surface area contributed by atoms with E-state index in [1.807, 2.05) is 6.92 Å². The van der Waals surface area contributed by atoms with Crippen LogP contribution in [0.3, 0.4) is 0 Å². The Kier molecular flexibility index (Phi) is 4.77. The number of aromatic nitrogens is 3. The number of halogens is 1. The minimum Gasteiger partial charge on any atom is -0.494 e. The molecule has 1 aromatic carbocycles. The molecule has 0 saturated carbocycles. The molecule has 0 radical (unpaired) electrons. The Morgan fingerprint density at radius 1 is 1.38 bits per heavy atom. The zero-order chi connectivity index (χ0) is 18.8. The average Bonchev–Trinajstić information content (AvgIpc) is 2.94. The number of aryl methyl sites for hydroxylation is 1. The normalized spacial score (nSPS) is 10.7. The summed E-state index contributed by atoms with van der Waals surface area (Å²) in [4.78, 5) is 14.9. The number of rotatable bonds is 6. The first kappa shape index (κ1) is 17.7. The van der Waals surface area contributed by atoms with Crippen molar-refractivity contribution < 1.29 is 14.4 Å². The summed E-state index contributed by atoms with van der Waals surface area (Å²) in [5.74, 6) is 0.368. The molecule has 0 amide bonds. The molecule has 0 aliphatic carbocycles. The van der Waals surface area contributed by atoms with Gasteiger partial charge in [-0.05, 0) is 6.92 Å². The summed E-state index contributed by atoms with van der Waals surface area (Å²) < 4.78 is 12.4. The highest BCUT2D eigenvalue weighted by Crippen LogP contribution is 2.38. The maximum atomic E-state index is 11.4. The standard InChI is InChI=1S/C17H15ClN4O4/c1-4-5-26-16-6-13(15(25-3)7-14(16)22(23)24)21-12-8-17(18)19-9-11(12)10(2)20-21/h4,6-9H,1,5H2,2-3H3. The summed E-state index contributed by atoms with van der Waals surface area (Å²) in [6.07, 6.45) is 3.13. The highest BCUT2D eigenvalue weighted by molar-refractivity contribution is 6.30. The second-order valence-electron chi connectivity index (χ2n) is 5.37. The zero-order valence-electron chi connectivity index (χ0n) is 14.1. The highest BCUT2D eigenvalue weighted by atomic mass is 35.5. The first-order chi connectivity index (χ1) is 12.5. The molecule has 0 unspecified atom stereocenters. The van der Waals surface area contributed by atoms with E-state index in [-0.39, 0.29) is 23.8 Å². The quantitative estimate of drug-likeness (QED) is 0.281. The third-order valence-electron chi connectivity index (χ3n) is 3.76. The molecule has 0 atom stereocenters. The minimum absolute atomic E-state index is 0.0900. The second-order valence-corrected chi connectivity index (χ2v) is 5.76. The van der Waals surface area contributed by atoms with Crippen molar-refractivity contribution in [3.05, 3.63) is 58.0 Å². The lowest BCUT2D eigenvalue weighted by atomic mass is 10.2. The van der Waals surface area contributed by atoms with Crippen LogP contribution in [-0.2, 0) is 0 Å². The van der Waals surface area contributed by atoms with Gasteiger partial charge in [-0.25, -0.2) is 9.67 Å². The van der Waals surface area contributed by atoms with Crippen molar-refractivity contribution in [3.8, 4) is 17.2 Å². The molecule has 0 aliphatic rings. The molecule has 0 spiro atoms. The molecule has 0 N–H and O–H groups in total. The maximum absolute atomic E-state index is 11.4. The van der Waals surface area contributed by atoms with Crippen LogP contribution in [-0.4, -0.2) is 33.4 Å². The molecule has 3 rings (SSSR count). The summed E-state index contributed by atoms with van der Waals surface area (Å²) >= 11 is 6.02. The fourth-order valence-corrected chi connectivity index (χ4v) is 2.74. The third-order valence-corrected chi connectivity index (χ3v) is 3.97. The first-order valence-corrected chi connectivity index (χ1v) is 7.95. The Hall–Kier alpha value is -3.13. The molecule has 134 valence electrons. The van der Waals surface area contributed by atoms with Gasteiger partial charge in [0.15, 0.2) is 11.5 Å². The van der Waals surface area contributed by atoms with Crippen LogP contribution in [0.2, 0.25) is 5.15 Å². The lowest BCUT2D eigenvalue weighted by molar-refractivity contribution is -0.385. The van der Waals surface area contributed by atoms with Crippen LogP contribution in [0.4, 0.5) is 5.69 Å². The number of fused-ring (bicyclic) bond motifs is 1. The topological polar surface area (TPSA) is 92.3 Å². The lowest BCUT2D eigenvalue weighted by Gasteiger charge is -2.12. The molecule has 2 heterocycles. The molecule has 9 heteroatoms. The van der Waals surface area contributed by atoms with Gasteiger partial charge < -0.3 is 9.47 Å². The van der Waals surface area contributed by atoms with E-state index in [1.165, 1.54) is 25.3 Å². The number of benzene rings is 1. The van der Waals surface area contributed by atoms with Crippen LogP contribution in [0, 0.1) is 17.0 Å². The van der Waals surface area contributed by atoms with Gasteiger partial charge in [-0.2, -0.15) is 5.10 Å². The van der Waals surface area contributed by atoms with Crippen LogP contribution in [0.15, 0.2) is 37.1 Å². The number of methoxy groups -OCH3 is 1. The molecule has 0 bridgehead atoms. The molecule has 3 aromatic rings. The predicted molar refractivity (Wildman–Crippen MR) is 97.5 cm³/mol. The minimum atomic E-state index is -0.530. The van der Waals surface area contributed by atoms with Crippen LogP contribution in [0.1, 0.15) is 5.69 Å². The van der Waals surface area contributed by atoms with E-state index >= 15 is 0 Å². The molecule has 8 nitrogen and oxygen atoms in total. The van der Waals surface area contributed by atoms with Gasteiger partial charge in [-0.15, -0.1) is 0 Å². The average molecular weight is 375 g/mol. The number of hydrogen-bond donors (Lipinski definition) is 0. The third kappa shape index (κ3) is 3.06. The van der Waals surface area contributed by atoms with Crippen molar-refractivity contribution in [2.24, 2.45) is 0 Å². The number of nitrogens with zero attached hydrogens (tertiary/aromatic N) is 4. The molecule has 2 aromatic heterocycles. The molecule has 0 saturated heterocycles. The Labute approximate surface area is 153 Å². The fourth-order valence-electron chi connectivity index (χ4n) is 2.59. The van der Waals surface area contributed by atoms with E-state index in [0.29, 0.717) is 16.4 Å². The van der Waals surface area contributed by atoms with Crippen LogP contribution < -0.4 is 9.47 Å². The van der Waals surface area contributed by atoms with Crippen molar-refractivity contribution in [1.82, 2.24) is 14.8 Å². The zero-order valence-corrected chi connectivity index (χ0v) is 14.9. The Morgan fingerprint density at radius 3 is 2.81 bits per heavy atom. The van der Waals surface area contributed by atoms with Crippen LogP contribution in [0.5, 0.6) is 11.5 Å². The Morgan fingerprint density at radius 2 is 2.15 bits per heavy atom. The summed E-state index contributed by atoms with van der Waals surface area (Å²) in [6, 6.07) is 4.49. The van der Waals surface area contributed by atoms with E-state index in [2.05, 4.69) is 16.7 Å². The largest absolute Gasteiger partial charge is 0.494 e. The molecular weight excluding hydrogens is 360 g/mol. The van der Waals surface area contributed by atoms with E-state index in [4.69, 9.17) is 21.1 Å². The number of pyridine rings is 1. The Balaban J connectivity index is 2.28. The van der Waals surface area contributed by atoms with Crippen LogP contribution in [0.25, 0.3) is 16.6 Å². The molecule has 26 heavy (non-hydrogen) atoms.